The summed E-state index contributed by atoms with van der Waals surface area (Å²) >= 11 is 0. The van der Waals surface area contributed by atoms with E-state index in [4.69, 9.17) is 14.6 Å². The minimum atomic E-state index is -0.834. The maximum Gasteiger partial charge on any atom is 0.317 e. The number of methoxy groups -OCH3 is 1. The third-order valence-corrected chi connectivity index (χ3v) is 3.39. The molecule has 0 aromatic heterocycles. The Labute approximate surface area is 119 Å². The number of urea groups is 1. The molecule has 0 saturated carbocycles. The van der Waals surface area contributed by atoms with Gasteiger partial charge >= 0.3 is 12.0 Å². The van der Waals surface area contributed by atoms with Crippen LogP contribution in [0.15, 0.2) is 0 Å². The lowest BCUT2D eigenvalue weighted by atomic mass is 9.99. The molecule has 0 aromatic rings. The summed E-state index contributed by atoms with van der Waals surface area (Å²) in [5.74, 6) is -1.30. The summed E-state index contributed by atoms with van der Waals surface area (Å²) in [5.41, 5.74) is 0. The molecule has 1 rings (SSSR count). The highest BCUT2D eigenvalue weighted by atomic mass is 16.5. The zero-order valence-corrected chi connectivity index (χ0v) is 12.1. The number of amides is 2. The molecule has 1 saturated heterocycles. The first kappa shape index (κ1) is 16.7. The van der Waals surface area contributed by atoms with Crippen molar-refractivity contribution in [2.75, 3.05) is 46.6 Å². The van der Waals surface area contributed by atoms with E-state index < -0.39 is 11.9 Å². The van der Waals surface area contributed by atoms with Crippen LogP contribution in [0.1, 0.15) is 13.3 Å². The Balaban J connectivity index is 2.13. The van der Waals surface area contributed by atoms with Crippen LogP contribution in [0.5, 0.6) is 0 Å². The second-order valence-electron chi connectivity index (χ2n) is 5.02. The second-order valence-corrected chi connectivity index (χ2v) is 5.02. The van der Waals surface area contributed by atoms with E-state index in [1.165, 1.54) is 0 Å². The maximum absolute atomic E-state index is 11.9. The van der Waals surface area contributed by atoms with E-state index >= 15 is 0 Å². The lowest BCUT2D eigenvalue weighted by Crippen LogP contribution is -2.39. The monoisotopic (exact) mass is 288 g/mol. The molecule has 0 spiro atoms. The van der Waals surface area contributed by atoms with Crippen molar-refractivity contribution >= 4 is 12.0 Å². The van der Waals surface area contributed by atoms with Gasteiger partial charge in [-0.1, -0.05) is 6.92 Å². The molecule has 1 aliphatic rings. The Morgan fingerprint density at radius 1 is 1.30 bits per heavy atom. The van der Waals surface area contributed by atoms with Gasteiger partial charge in [-0.2, -0.15) is 0 Å². The summed E-state index contributed by atoms with van der Waals surface area (Å²) in [7, 11) is 1.62. The molecule has 1 aliphatic heterocycles. The normalized spacial score (nSPS) is 22.0. The topological polar surface area (TPSA) is 88.1 Å². The van der Waals surface area contributed by atoms with E-state index in [1.807, 2.05) is 6.92 Å². The van der Waals surface area contributed by atoms with E-state index in [0.29, 0.717) is 32.9 Å². The Hall–Kier alpha value is -1.34. The number of carboxylic acids is 1. The van der Waals surface area contributed by atoms with E-state index in [1.54, 1.807) is 12.0 Å². The van der Waals surface area contributed by atoms with Crippen molar-refractivity contribution in [2.24, 2.45) is 11.8 Å². The number of ether oxygens (including phenoxy) is 2. The molecular formula is C13H24N2O5. The Morgan fingerprint density at radius 2 is 2.05 bits per heavy atom. The van der Waals surface area contributed by atoms with Gasteiger partial charge in [-0.05, 0) is 12.3 Å². The predicted octanol–water partition coefficient (Wildman–Crippen LogP) is 0.402. The SMILES string of the molecule is COCCOCCCNC(=O)N1C[C@@H](C)[C@H](C(=O)O)C1. The quantitative estimate of drug-likeness (QED) is 0.631. The van der Waals surface area contributed by atoms with Gasteiger partial charge in [-0.15, -0.1) is 0 Å². The molecule has 7 heteroatoms. The standard InChI is InChI=1S/C13H24N2O5/c1-10-8-15(9-11(10)12(16)17)13(18)14-4-3-5-20-7-6-19-2/h10-11H,3-9H2,1-2H3,(H,14,18)(H,16,17)/t10-,11-/m1/s1. The van der Waals surface area contributed by atoms with Crippen molar-refractivity contribution in [1.29, 1.82) is 0 Å². The van der Waals surface area contributed by atoms with Gasteiger partial charge in [0, 0.05) is 33.4 Å². The molecule has 0 aliphatic carbocycles. The number of rotatable bonds is 8. The van der Waals surface area contributed by atoms with E-state index in [9.17, 15) is 9.59 Å². The lowest BCUT2D eigenvalue weighted by Gasteiger charge is -2.16. The van der Waals surface area contributed by atoms with Gasteiger partial charge < -0.3 is 24.8 Å². The first-order valence-electron chi connectivity index (χ1n) is 6.88. The van der Waals surface area contributed by atoms with Crippen molar-refractivity contribution in [3.05, 3.63) is 0 Å². The summed E-state index contributed by atoms with van der Waals surface area (Å²) in [5, 5.41) is 11.8. The summed E-state index contributed by atoms with van der Waals surface area (Å²) in [6, 6.07) is -0.197. The van der Waals surface area contributed by atoms with Crippen LogP contribution in [0, 0.1) is 11.8 Å². The first-order chi connectivity index (χ1) is 9.56. The van der Waals surface area contributed by atoms with Crippen LogP contribution >= 0.6 is 0 Å². The summed E-state index contributed by atoms with van der Waals surface area (Å²) in [6.45, 7) is 4.84. The van der Waals surface area contributed by atoms with Crippen LogP contribution in [-0.2, 0) is 14.3 Å². The first-order valence-corrected chi connectivity index (χ1v) is 6.88. The van der Waals surface area contributed by atoms with Crippen molar-refractivity contribution < 1.29 is 24.2 Å². The van der Waals surface area contributed by atoms with Gasteiger partial charge in [0.2, 0.25) is 0 Å². The van der Waals surface area contributed by atoms with Crippen molar-refractivity contribution in [1.82, 2.24) is 10.2 Å². The number of nitrogens with one attached hydrogen (secondary N) is 1. The number of hydrogen-bond donors (Lipinski definition) is 2. The van der Waals surface area contributed by atoms with Crippen LogP contribution < -0.4 is 5.32 Å². The molecule has 1 fully saturated rings. The largest absolute Gasteiger partial charge is 0.481 e. The smallest absolute Gasteiger partial charge is 0.317 e. The molecule has 20 heavy (non-hydrogen) atoms. The van der Waals surface area contributed by atoms with Gasteiger partial charge in [0.15, 0.2) is 0 Å². The Kier molecular flexibility index (Phi) is 7.32. The molecule has 2 amide bonds. The van der Waals surface area contributed by atoms with Gasteiger partial charge in [0.1, 0.15) is 0 Å². The van der Waals surface area contributed by atoms with Crippen LogP contribution in [0.3, 0.4) is 0 Å². The predicted molar refractivity (Wildman–Crippen MR) is 72.6 cm³/mol. The minimum absolute atomic E-state index is 0.00405. The minimum Gasteiger partial charge on any atom is -0.481 e. The summed E-state index contributed by atoms with van der Waals surface area (Å²) in [4.78, 5) is 24.4. The van der Waals surface area contributed by atoms with Crippen LogP contribution in [0.4, 0.5) is 4.79 Å². The van der Waals surface area contributed by atoms with Gasteiger partial charge in [0.05, 0.1) is 19.1 Å². The number of carboxylic acid groups (broad SMARTS) is 1. The fraction of sp³-hybridized carbons (Fsp3) is 0.846. The van der Waals surface area contributed by atoms with E-state index in [2.05, 4.69) is 5.32 Å². The van der Waals surface area contributed by atoms with Crippen molar-refractivity contribution in [2.45, 2.75) is 13.3 Å². The van der Waals surface area contributed by atoms with E-state index in [0.717, 1.165) is 6.42 Å². The molecule has 1 heterocycles. The molecule has 0 aromatic carbocycles. The van der Waals surface area contributed by atoms with E-state index in [-0.39, 0.29) is 18.5 Å². The third-order valence-electron chi connectivity index (χ3n) is 3.39. The third kappa shape index (κ3) is 5.34. The van der Waals surface area contributed by atoms with Gasteiger partial charge in [-0.25, -0.2) is 4.79 Å². The molecule has 0 unspecified atom stereocenters. The fourth-order valence-electron chi connectivity index (χ4n) is 2.18. The number of likely N-dealkylation sites (tertiary alicyclic amines) is 1. The molecule has 2 N–H and O–H groups in total. The highest BCUT2D eigenvalue weighted by Gasteiger charge is 2.36. The second kappa shape index (κ2) is 8.76. The zero-order chi connectivity index (χ0) is 15.0. The summed E-state index contributed by atoms with van der Waals surface area (Å²) in [6.07, 6.45) is 0.723. The maximum atomic E-state index is 11.9. The highest BCUT2D eigenvalue weighted by molar-refractivity contribution is 5.77. The van der Waals surface area contributed by atoms with Crippen LogP contribution in [0.2, 0.25) is 0 Å². The number of carbonyl (C=O) groups excluding carboxylic acids is 1. The summed E-state index contributed by atoms with van der Waals surface area (Å²) < 4.78 is 10.1. The van der Waals surface area contributed by atoms with Gasteiger partial charge in [-0.3, -0.25) is 4.79 Å². The highest BCUT2D eigenvalue weighted by Crippen LogP contribution is 2.22. The molecule has 0 radical (unpaired) electrons. The number of hydrogen-bond acceptors (Lipinski definition) is 4. The number of aliphatic carboxylic acids is 1. The molecule has 116 valence electrons. The number of nitrogens with zero attached hydrogens (tertiary/aromatic N) is 1. The lowest BCUT2D eigenvalue weighted by molar-refractivity contribution is -0.142. The van der Waals surface area contributed by atoms with Crippen LogP contribution in [-0.4, -0.2) is 68.6 Å². The van der Waals surface area contributed by atoms with Crippen molar-refractivity contribution in [3.63, 3.8) is 0 Å². The average molecular weight is 288 g/mol. The molecule has 0 bridgehead atoms. The number of carbonyl (C=O) groups is 2. The van der Waals surface area contributed by atoms with Crippen molar-refractivity contribution in [3.8, 4) is 0 Å². The zero-order valence-electron chi connectivity index (χ0n) is 12.1. The Bertz CT molecular complexity index is 324. The molecule has 7 nitrogen and oxygen atoms in total. The average Bonchev–Trinajstić information content (AvgIpc) is 2.80. The van der Waals surface area contributed by atoms with Crippen LogP contribution in [0.25, 0.3) is 0 Å². The fourth-order valence-corrected chi connectivity index (χ4v) is 2.18. The molecule has 2 atom stereocenters. The molecular weight excluding hydrogens is 264 g/mol. The Morgan fingerprint density at radius 3 is 2.65 bits per heavy atom. The van der Waals surface area contributed by atoms with Gasteiger partial charge in [0.25, 0.3) is 0 Å².